The van der Waals surface area contributed by atoms with Crippen molar-refractivity contribution in [2.75, 3.05) is 10.6 Å². The number of aromatic nitrogens is 1. The largest absolute Gasteiger partial charge is 0.381 e. The molecule has 26 heavy (non-hydrogen) atoms. The molecule has 0 radical (unpaired) electrons. The zero-order chi connectivity index (χ0) is 18.4. The van der Waals surface area contributed by atoms with Crippen molar-refractivity contribution in [2.45, 2.75) is 26.8 Å². The Labute approximate surface area is 154 Å². The maximum Gasteiger partial charge on any atom is 0.256 e. The summed E-state index contributed by atoms with van der Waals surface area (Å²) in [6.45, 7) is 4.78. The number of nitrogens with one attached hydrogen (secondary N) is 2. The van der Waals surface area contributed by atoms with E-state index in [2.05, 4.69) is 34.7 Å². The monoisotopic (exact) mass is 345 g/mol. The Balaban J connectivity index is 1.67. The molecule has 4 heteroatoms. The van der Waals surface area contributed by atoms with E-state index in [4.69, 9.17) is 0 Å². The van der Waals surface area contributed by atoms with Crippen LogP contribution in [0.15, 0.2) is 66.9 Å². The van der Waals surface area contributed by atoms with E-state index in [9.17, 15) is 4.79 Å². The highest BCUT2D eigenvalue weighted by atomic mass is 16.1. The quantitative estimate of drug-likeness (QED) is 0.673. The van der Waals surface area contributed by atoms with Gasteiger partial charge in [0.1, 0.15) is 5.82 Å². The molecule has 0 bridgehead atoms. The lowest BCUT2D eigenvalue weighted by atomic mass is 10.1. The summed E-state index contributed by atoms with van der Waals surface area (Å²) in [6, 6.07) is 19.7. The Bertz CT molecular complexity index is 888. The molecule has 3 rings (SSSR count). The summed E-state index contributed by atoms with van der Waals surface area (Å²) in [7, 11) is 0. The van der Waals surface area contributed by atoms with E-state index in [-0.39, 0.29) is 5.91 Å². The van der Waals surface area contributed by atoms with Crippen molar-refractivity contribution in [2.24, 2.45) is 0 Å². The van der Waals surface area contributed by atoms with Gasteiger partial charge in [-0.2, -0.15) is 0 Å². The van der Waals surface area contributed by atoms with Crippen LogP contribution in [0.3, 0.4) is 0 Å². The molecule has 0 saturated carbocycles. The molecule has 0 atom stereocenters. The fourth-order valence-corrected chi connectivity index (χ4v) is 2.75. The fourth-order valence-electron chi connectivity index (χ4n) is 2.75. The number of carbonyl (C=O) groups is 1. The van der Waals surface area contributed by atoms with E-state index < -0.39 is 0 Å². The van der Waals surface area contributed by atoms with Gasteiger partial charge in [0.05, 0.1) is 0 Å². The number of amides is 1. The summed E-state index contributed by atoms with van der Waals surface area (Å²) < 4.78 is 0. The minimum absolute atomic E-state index is 0.155. The highest BCUT2D eigenvalue weighted by Gasteiger charge is 2.08. The Hall–Kier alpha value is -3.14. The highest BCUT2D eigenvalue weighted by Crippen LogP contribution is 2.17. The lowest BCUT2D eigenvalue weighted by molar-refractivity contribution is 0.102. The van der Waals surface area contributed by atoms with Gasteiger partial charge in [-0.15, -0.1) is 0 Å². The first-order valence-electron chi connectivity index (χ1n) is 8.80. The van der Waals surface area contributed by atoms with E-state index in [1.165, 1.54) is 5.56 Å². The lowest BCUT2D eigenvalue weighted by Crippen LogP contribution is -2.13. The maximum absolute atomic E-state index is 12.5. The van der Waals surface area contributed by atoms with Gasteiger partial charge in [-0.1, -0.05) is 43.3 Å². The summed E-state index contributed by atoms with van der Waals surface area (Å²) in [5.74, 6) is 0.401. The molecule has 132 valence electrons. The van der Waals surface area contributed by atoms with Crippen LogP contribution < -0.4 is 10.6 Å². The van der Waals surface area contributed by atoms with Gasteiger partial charge in [-0.05, 0) is 54.3 Å². The summed E-state index contributed by atoms with van der Waals surface area (Å²) in [5.41, 5.74) is 5.15. The number of pyridine rings is 1. The molecular formula is C22H23N3O. The topological polar surface area (TPSA) is 54.0 Å². The van der Waals surface area contributed by atoms with Gasteiger partial charge in [0.25, 0.3) is 5.91 Å². The molecule has 0 aliphatic carbocycles. The van der Waals surface area contributed by atoms with Crippen molar-refractivity contribution in [3.05, 3.63) is 89.1 Å². The third kappa shape index (κ3) is 4.48. The van der Waals surface area contributed by atoms with Crippen LogP contribution in [0.4, 0.5) is 11.5 Å². The average molecular weight is 345 g/mol. The van der Waals surface area contributed by atoms with Gasteiger partial charge in [0.15, 0.2) is 0 Å². The number of nitrogens with zero attached hydrogens (tertiary/aromatic N) is 1. The van der Waals surface area contributed by atoms with Crippen molar-refractivity contribution < 1.29 is 4.79 Å². The van der Waals surface area contributed by atoms with Crippen LogP contribution in [0.5, 0.6) is 0 Å². The van der Waals surface area contributed by atoms with Crippen LogP contribution in [-0.4, -0.2) is 10.9 Å². The van der Waals surface area contributed by atoms with E-state index in [1.807, 2.05) is 49.4 Å². The van der Waals surface area contributed by atoms with E-state index in [0.717, 1.165) is 23.2 Å². The molecule has 1 amide bonds. The van der Waals surface area contributed by atoms with Crippen LogP contribution >= 0.6 is 0 Å². The smallest absolute Gasteiger partial charge is 0.256 e. The second-order valence-corrected chi connectivity index (χ2v) is 6.24. The molecule has 4 nitrogen and oxygen atoms in total. The number of carbonyl (C=O) groups excluding carboxylic acids is 1. The lowest BCUT2D eigenvalue weighted by Gasteiger charge is -2.12. The normalized spacial score (nSPS) is 10.4. The highest BCUT2D eigenvalue weighted by molar-refractivity contribution is 6.03. The first kappa shape index (κ1) is 17.7. The van der Waals surface area contributed by atoms with Crippen molar-refractivity contribution in [3.8, 4) is 0 Å². The molecule has 3 aromatic rings. The number of aryl methyl sites for hydroxylation is 2. The summed E-state index contributed by atoms with van der Waals surface area (Å²) in [5, 5.41) is 6.29. The zero-order valence-corrected chi connectivity index (χ0v) is 15.1. The minimum Gasteiger partial charge on any atom is -0.381 e. The molecule has 1 aromatic heterocycles. The number of anilines is 2. The molecule has 0 aliphatic rings. The number of rotatable bonds is 6. The summed E-state index contributed by atoms with van der Waals surface area (Å²) in [6.07, 6.45) is 2.72. The van der Waals surface area contributed by atoms with Gasteiger partial charge in [-0.25, -0.2) is 4.98 Å². The van der Waals surface area contributed by atoms with Crippen molar-refractivity contribution in [1.82, 2.24) is 4.98 Å². The molecule has 0 fully saturated rings. The molecule has 0 unspecified atom stereocenters. The second-order valence-electron chi connectivity index (χ2n) is 6.24. The summed E-state index contributed by atoms with van der Waals surface area (Å²) >= 11 is 0. The fraction of sp³-hybridized carbons (Fsp3) is 0.182. The number of hydrogen-bond donors (Lipinski definition) is 2. The van der Waals surface area contributed by atoms with Crippen molar-refractivity contribution in [3.63, 3.8) is 0 Å². The SMILES string of the molecule is CCc1ccccc1NCc1cccc(C(=O)Nc2ccc(C)cn2)c1. The molecule has 0 saturated heterocycles. The van der Waals surface area contributed by atoms with E-state index in [1.54, 1.807) is 12.3 Å². The first-order chi connectivity index (χ1) is 12.7. The van der Waals surface area contributed by atoms with Gasteiger partial charge >= 0.3 is 0 Å². The van der Waals surface area contributed by atoms with Crippen molar-refractivity contribution in [1.29, 1.82) is 0 Å². The molecule has 1 heterocycles. The van der Waals surface area contributed by atoms with Crippen LogP contribution in [0, 0.1) is 6.92 Å². The number of para-hydroxylation sites is 1. The Morgan fingerprint density at radius 1 is 1.04 bits per heavy atom. The maximum atomic E-state index is 12.5. The molecule has 2 aromatic carbocycles. The van der Waals surface area contributed by atoms with Crippen LogP contribution in [0.1, 0.15) is 34.0 Å². The minimum atomic E-state index is -0.155. The Kier molecular flexibility index (Phi) is 5.64. The Morgan fingerprint density at radius 2 is 1.88 bits per heavy atom. The van der Waals surface area contributed by atoms with Gasteiger partial charge in [-0.3, -0.25) is 4.79 Å². The third-order valence-corrected chi connectivity index (χ3v) is 4.22. The van der Waals surface area contributed by atoms with Crippen LogP contribution in [-0.2, 0) is 13.0 Å². The van der Waals surface area contributed by atoms with Crippen molar-refractivity contribution >= 4 is 17.4 Å². The van der Waals surface area contributed by atoms with Crippen LogP contribution in [0.25, 0.3) is 0 Å². The van der Waals surface area contributed by atoms with E-state index >= 15 is 0 Å². The van der Waals surface area contributed by atoms with Gasteiger partial charge < -0.3 is 10.6 Å². The predicted octanol–water partition coefficient (Wildman–Crippen LogP) is 4.82. The average Bonchev–Trinajstić information content (AvgIpc) is 2.68. The van der Waals surface area contributed by atoms with E-state index in [0.29, 0.717) is 17.9 Å². The first-order valence-corrected chi connectivity index (χ1v) is 8.80. The number of benzene rings is 2. The predicted molar refractivity (Wildman–Crippen MR) is 107 cm³/mol. The Morgan fingerprint density at radius 3 is 2.65 bits per heavy atom. The van der Waals surface area contributed by atoms with Gasteiger partial charge in [0, 0.05) is 24.0 Å². The second kappa shape index (κ2) is 8.30. The van der Waals surface area contributed by atoms with Crippen LogP contribution in [0.2, 0.25) is 0 Å². The number of hydrogen-bond acceptors (Lipinski definition) is 3. The molecule has 0 spiro atoms. The molecule has 2 N–H and O–H groups in total. The molecule has 0 aliphatic heterocycles. The standard InChI is InChI=1S/C22H23N3O/c1-3-18-8-4-5-10-20(18)23-15-17-7-6-9-19(13-17)22(26)25-21-12-11-16(2)14-24-21/h4-14,23H,3,15H2,1-2H3,(H,24,25,26). The zero-order valence-electron chi connectivity index (χ0n) is 15.1. The molecular weight excluding hydrogens is 322 g/mol. The third-order valence-electron chi connectivity index (χ3n) is 4.22. The summed E-state index contributed by atoms with van der Waals surface area (Å²) in [4.78, 5) is 16.7. The van der Waals surface area contributed by atoms with Gasteiger partial charge in [0.2, 0.25) is 0 Å².